The Morgan fingerprint density at radius 1 is 1.19 bits per heavy atom. The van der Waals surface area contributed by atoms with E-state index in [1.165, 1.54) is 26.4 Å². The fraction of sp³-hybridized carbons (Fsp3) is 0.571. The van der Waals surface area contributed by atoms with Crippen molar-refractivity contribution in [1.82, 2.24) is 0 Å². The van der Waals surface area contributed by atoms with Crippen LogP contribution in [0.15, 0.2) is 29.2 Å². The first-order chi connectivity index (χ1) is 9.96. The van der Waals surface area contributed by atoms with Crippen molar-refractivity contribution in [2.24, 2.45) is 0 Å². The van der Waals surface area contributed by atoms with Gasteiger partial charge in [-0.05, 0) is 19.1 Å². The van der Waals surface area contributed by atoms with Crippen LogP contribution < -0.4 is 0 Å². The summed E-state index contributed by atoms with van der Waals surface area (Å²) in [6.45, 7) is 2.08. The Balaban J connectivity index is 2.00. The quantitative estimate of drug-likeness (QED) is 0.585. The van der Waals surface area contributed by atoms with Crippen LogP contribution in [0.4, 0.5) is 0 Å². The number of ether oxygens (including phenoxy) is 3. The van der Waals surface area contributed by atoms with Crippen molar-refractivity contribution in [3.8, 4) is 0 Å². The third-order valence-electron chi connectivity index (χ3n) is 3.33. The largest absolute Gasteiger partial charge is 0.370 e. The lowest BCUT2D eigenvalue weighted by Crippen LogP contribution is -2.29. The van der Waals surface area contributed by atoms with Crippen molar-refractivity contribution in [1.29, 1.82) is 0 Å². The minimum atomic E-state index is -3.78. The van der Waals surface area contributed by atoms with Gasteiger partial charge in [-0.25, -0.2) is 0 Å². The molecule has 1 aliphatic rings. The summed E-state index contributed by atoms with van der Waals surface area (Å²) in [6.07, 6.45) is -0.995. The predicted octanol–water partition coefficient (Wildman–Crippen LogP) is 1.48. The van der Waals surface area contributed by atoms with Crippen LogP contribution in [0.2, 0.25) is 0 Å². The highest BCUT2D eigenvalue weighted by Crippen LogP contribution is 2.24. The Morgan fingerprint density at radius 2 is 1.81 bits per heavy atom. The highest BCUT2D eigenvalue weighted by Gasteiger charge is 2.35. The SMILES string of the molecule is COC(OC)C1CC(OS(=O)(=O)c2ccc(C)cc2)CO1. The molecular formula is C14H20O6S. The lowest BCUT2D eigenvalue weighted by atomic mass is 10.2. The molecule has 1 aliphatic heterocycles. The van der Waals surface area contributed by atoms with Crippen molar-refractivity contribution >= 4 is 10.1 Å². The van der Waals surface area contributed by atoms with E-state index in [1.54, 1.807) is 12.1 Å². The Kier molecular flexibility index (Phi) is 5.34. The Morgan fingerprint density at radius 3 is 2.38 bits per heavy atom. The van der Waals surface area contributed by atoms with Crippen LogP contribution in [0.3, 0.4) is 0 Å². The van der Waals surface area contributed by atoms with E-state index >= 15 is 0 Å². The fourth-order valence-corrected chi connectivity index (χ4v) is 3.30. The summed E-state index contributed by atoms with van der Waals surface area (Å²) in [6, 6.07) is 6.53. The maximum Gasteiger partial charge on any atom is 0.297 e. The van der Waals surface area contributed by atoms with E-state index in [1.807, 2.05) is 6.92 Å². The summed E-state index contributed by atoms with van der Waals surface area (Å²) >= 11 is 0. The lowest BCUT2D eigenvalue weighted by molar-refractivity contribution is -0.167. The molecule has 0 N–H and O–H groups in total. The van der Waals surface area contributed by atoms with Crippen LogP contribution >= 0.6 is 0 Å². The van der Waals surface area contributed by atoms with E-state index in [0.717, 1.165) is 5.56 Å². The van der Waals surface area contributed by atoms with E-state index in [-0.39, 0.29) is 17.6 Å². The molecule has 7 heteroatoms. The van der Waals surface area contributed by atoms with Gasteiger partial charge in [-0.1, -0.05) is 17.7 Å². The van der Waals surface area contributed by atoms with Crippen LogP contribution in [0.1, 0.15) is 12.0 Å². The highest BCUT2D eigenvalue weighted by atomic mass is 32.2. The van der Waals surface area contributed by atoms with Crippen LogP contribution in [0.5, 0.6) is 0 Å². The van der Waals surface area contributed by atoms with Crippen LogP contribution in [-0.2, 0) is 28.5 Å². The Hall–Kier alpha value is -0.990. The first kappa shape index (κ1) is 16.4. The van der Waals surface area contributed by atoms with Gasteiger partial charge in [0.1, 0.15) is 12.2 Å². The molecule has 21 heavy (non-hydrogen) atoms. The molecule has 1 heterocycles. The molecule has 0 aromatic heterocycles. The zero-order chi connectivity index (χ0) is 15.5. The molecule has 6 nitrogen and oxygen atoms in total. The predicted molar refractivity (Wildman–Crippen MR) is 75.4 cm³/mol. The second-order valence-electron chi connectivity index (χ2n) is 4.93. The maximum atomic E-state index is 12.2. The third-order valence-corrected chi connectivity index (χ3v) is 4.71. The van der Waals surface area contributed by atoms with Crippen molar-refractivity contribution in [3.63, 3.8) is 0 Å². The number of benzene rings is 1. The number of methoxy groups -OCH3 is 2. The van der Waals surface area contributed by atoms with Gasteiger partial charge in [-0.3, -0.25) is 4.18 Å². The molecule has 2 unspecified atom stereocenters. The molecule has 0 spiro atoms. The molecule has 2 rings (SSSR count). The first-order valence-electron chi connectivity index (χ1n) is 6.63. The lowest BCUT2D eigenvalue weighted by Gasteiger charge is -2.19. The van der Waals surface area contributed by atoms with Gasteiger partial charge in [0.05, 0.1) is 11.5 Å². The van der Waals surface area contributed by atoms with Gasteiger partial charge in [-0.15, -0.1) is 0 Å². The second kappa shape index (κ2) is 6.85. The summed E-state index contributed by atoms with van der Waals surface area (Å²) in [5, 5.41) is 0. The molecule has 2 atom stereocenters. The Labute approximate surface area is 125 Å². The molecule has 1 aromatic carbocycles. The highest BCUT2D eigenvalue weighted by molar-refractivity contribution is 7.86. The normalized spacial score (nSPS) is 22.9. The van der Waals surface area contributed by atoms with Crippen molar-refractivity contribution in [2.45, 2.75) is 36.7 Å². The van der Waals surface area contributed by atoms with Crippen molar-refractivity contribution in [3.05, 3.63) is 29.8 Å². The summed E-state index contributed by atoms with van der Waals surface area (Å²) < 4.78 is 45.3. The summed E-state index contributed by atoms with van der Waals surface area (Å²) in [5.41, 5.74) is 0.987. The van der Waals surface area contributed by atoms with Gasteiger partial charge in [-0.2, -0.15) is 8.42 Å². The van der Waals surface area contributed by atoms with Gasteiger partial charge in [0.25, 0.3) is 10.1 Å². The standard InChI is InChI=1S/C14H20O6S/c1-10-4-6-12(7-5-10)21(15,16)20-11-8-13(19-9-11)14(17-2)18-3/h4-7,11,13-14H,8-9H2,1-3H3. The zero-order valence-electron chi connectivity index (χ0n) is 12.3. The average molecular weight is 316 g/mol. The molecule has 1 aromatic rings. The second-order valence-corrected chi connectivity index (χ2v) is 6.50. The molecule has 0 amide bonds. The van der Waals surface area contributed by atoms with Crippen LogP contribution in [-0.4, -0.2) is 47.7 Å². The molecule has 0 saturated carbocycles. The minimum absolute atomic E-state index is 0.145. The number of aryl methyl sites for hydroxylation is 1. The minimum Gasteiger partial charge on any atom is -0.370 e. The van der Waals surface area contributed by atoms with E-state index in [2.05, 4.69) is 0 Å². The van der Waals surface area contributed by atoms with Crippen LogP contribution in [0, 0.1) is 6.92 Å². The monoisotopic (exact) mass is 316 g/mol. The maximum absolute atomic E-state index is 12.2. The van der Waals surface area contributed by atoms with Gasteiger partial charge in [0.2, 0.25) is 0 Å². The molecule has 0 bridgehead atoms. The van der Waals surface area contributed by atoms with E-state index < -0.39 is 22.5 Å². The third kappa shape index (κ3) is 4.02. The van der Waals surface area contributed by atoms with Gasteiger partial charge >= 0.3 is 0 Å². The average Bonchev–Trinajstić information content (AvgIpc) is 2.88. The van der Waals surface area contributed by atoms with Crippen molar-refractivity contribution in [2.75, 3.05) is 20.8 Å². The molecule has 118 valence electrons. The summed E-state index contributed by atoms with van der Waals surface area (Å²) in [5.74, 6) is 0. The molecular weight excluding hydrogens is 296 g/mol. The molecule has 1 saturated heterocycles. The first-order valence-corrected chi connectivity index (χ1v) is 8.04. The molecule has 0 radical (unpaired) electrons. The molecule has 0 aliphatic carbocycles. The van der Waals surface area contributed by atoms with Crippen LogP contribution in [0.25, 0.3) is 0 Å². The van der Waals surface area contributed by atoms with Gasteiger partial charge in [0.15, 0.2) is 6.29 Å². The summed E-state index contributed by atoms with van der Waals surface area (Å²) in [4.78, 5) is 0.145. The molecule has 1 fully saturated rings. The number of hydrogen-bond acceptors (Lipinski definition) is 6. The van der Waals surface area contributed by atoms with Crippen molar-refractivity contribution < 1.29 is 26.8 Å². The fourth-order valence-electron chi connectivity index (χ4n) is 2.22. The smallest absolute Gasteiger partial charge is 0.297 e. The topological polar surface area (TPSA) is 71.1 Å². The summed E-state index contributed by atoms with van der Waals surface area (Å²) in [7, 11) is -0.767. The number of rotatable bonds is 6. The van der Waals surface area contributed by atoms with E-state index in [9.17, 15) is 8.42 Å². The number of hydrogen-bond donors (Lipinski definition) is 0. The van der Waals surface area contributed by atoms with Gasteiger partial charge in [0, 0.05) is 20.6 Å². The van der Waals surface area contributed by atoms with E-state index in [4.69, 9.17) is 18.4 Å². The van der Waals surface area contributed by atoms with Gasteiger partial charge < -0.3 is 14.2 Å². The Bertz CT molecular complexity index is 549. The van der Waals surface area contributed by atoms with E-state index in [0.29, 0.717) is 6.42 Å². The zero-order valence-corrected chi connectivity index (χ0v) is 13.1.